The van der Waals surface area contributed by atoms with Gasteiger partial charge < -0.3 is 10.6 Å². The molecule has 34 heavy (non-hydrogen) atoms. The highest BCUT2D eigenvalue weighted by Crippen LogP contribution is 2.24. The second-order valence-corrected chi connectivity index (χ2v) is 7.99. The number of hydrogen-bond donors (Lipinski definition) is 2. The first-order chi connectivity index (χ1) is 16.7. The van der Waals surface area contributed by atoms with E-state index in [-0.39, 0.29) is 11.8 Å². The van der Waals surface area contributed by atoms with Crippen LogP contribution >= 0.6 is 0 Å². The summed E-state index contributed by atoms with van der Waals surface area (Å²) in [6.45, 7) is 0. The molecule has 0 heterocycles. The number of carbonyl (C=O) groups excluding carboxylic acids is 2. The zero-order chi connectivity index (χ0) is 23.3. The van der Waals surface area contributed by atoms with Crippen molar-refractivity contribution in [1.82, 2.24) is 0 Å². The van der Waals surface area contributed by atoms with E-state index in [1.807, 2.05) is 109 Å². The molecule has 5 rings (SSSR count). The average Bonchev–Trinajstić information content (AvgIpc) is 2.90. The zero-order valence-electron chi connectivity index (χ0n) is 18.4. The van der Waals surface area contributed by atoms with Gasteiger partial charge in [-0.25, -0.2) is 0 Å². The molecule has 0 saturated carbocycles. The summed E-state index contributed by atoms with van der Waals surface area (Å²) in [6, 6.07) is 38.2. The molecule has 164 valence electrons. The first kappa shape index (κ1) is 21.2. The number of nitrogens with one attached hydrogen (secondary N) is 2. The van der Waals surface area contributed by atoms with Gasteiger partial charge in [-0.05, 0) is 70.4 Å². The topological polar surface area (TPSA) is 58.2 Å². The molecule has 0 saturated heterocycles. The van der Waals surface area contributed by atoms with E-state index < -0.39 is 0 Å². The van der Waals surface area contributed by atoms with Gasteiger partial charge in [-0.3, -0.25) is 9.59 Å². The maximum Gasteiger partial charge on any atom is 0.255 e. The van der Waals surface area contributed by atoms with Crippen LogP contribution in [-0.4, -0.2) is 11.8 Å². The van der Waals surface area contributed by atoms with Crippen LogP contribution < -0.4 is 10.6 Å². The Morgan fingerprint density at radius 2 is 0.941 bits per heavy atom. The molecule has 2 N–H and O–H groups in total. The molecule has 0 fully saturated rings. The Balaban J connectivity index is 1.24. The van der Waals surface area contributed by atoms with Crippen molar-refractivity contribution in [2.45, 2.75) is 0 Å². The summed E-state index contributed by atoms with van der Waals surface area (Å²) in [5.74, 6) is -0.281. The molecule has 4 nitrogen and oxygen atoms in total. The molecule has 0 spiro atoms. The van der Waals surface area contributed by atoms with Crippen LogP contribution in [0, 0.1) is 0 Å². The van der Waals surface area contributed by atoms with Crippen LogP contribution in [0.4, 0.5) is 11.4 Å². The summed E-state index contributed by atoms with van der Waals surface area (Å²) in [5, 5.41) is 8.01. The van der Waals surface area contributed by atoms with Gasteiger partial charge in [0.25, 0.3) is 11.8 Å². The monoisotopic (exact) mass is 442 g/mol. The maximum atomic E-state index is 12.7. The molecule has 0 bridgehead atoms. The summed E-state index contributed by atoms with van der Waals surface area (Å²) in [4.78, 5) is 25.0. The predicted molar refractivity (Wildman–Crippen MR) is 138 cm³/mol. The molecule has 4 heteroatoms. The van der Waals surface area contributed by atoms with E-state index in [0.717, 1.165) is 33.3 Å². The Hall–Kier alpha value is -4.70. The minimum atomic E-state index is -0.142. The fraction of sp³-hybridized carbons (Fsp3) is 0. The summed E-state index contributed by atoms with van der Waals surface area (Å²) >= 11 is 0. The van der Waals surface area contributed by atoms with E-state index in [2.05, 4.69) is 10.6 Å². The molecule has 0 aliphatic rings. The van der Waals surface area contributed by atoms with Crippen LogP contribution in [0.3, 0.4) is 0 Å². The Bertz CT molecular complexity index is 1460. The van der Waals surface area contributed by atoms with Crippen molar-refractivity contribution in [1.29, 1.82) is 0 Å². The zero-order valence-corrected chi connectivity index (χ0v) is 18.4. The normalized spacial score (nSPS) is 10.6. The van der Waals surface area contributed by atoms with Gasteiger partial charge >= 0.3 is 0 Å². The third-order valence-corrected chi connectivity index (χ3v) is 5.67. The lowest BCUT2D eigenvalue weighted by Crippen LogP contribution is -2.11. The van der Waals surface area contributed by atoms with Crippen molar-refractivity contribution in [3.05, 3.63) is 132 Å². The van der Waals surface area contributed by atoms with Crippen molar-refractivity contribution in [2.75, 3.05) is 10.6 Å². The molecule has 0 aliphatic heterocycles. The number of amides is 2. The molecule has 0 radical (unpaired) electrons. The lowest BCUT2D eigenvalue weighted by Gasteiger charge is -2.09. The van der Waals surface area contributed by atoms with Crippen molar-refractivity contribution < 1.29 is 9.59 Å². The fourth-order valence-corrected chi connectivity index (χ4v) is 3.82. The van der Waals surface area contributed by atoms with E-state index in [1.165, 1.54) is 0 Å². The van der Waals surface area contributed by atoms with Gasteiger partial charge in [0.2, 0.25) is 0 Å². The van der Waals surface area contributed by atoms with Gasteiger partial charge in [0.1, 0.15) is 0 Å². The third kappa shape index (κ3) is 4.71. The molecule has 0 unspecified atom stereocenters. The average molecular weight is 443 g/mol. The Kier molecular flexibility index (Phi) is 5.87. The molecule has 5 aromatic rings. The number of anilines is 2. The summed E-state index contributed by atoms with van der Waals surface area (Å²) in [6.07, 6.45) is 0. The summed E-state index contributed by atoms with van der Waals surface area (Å²) < 4.78 is 0. The Morgan fingerprint density at radius 3 is 1.53 bits per heavy atom. The van der Waals surface area contributed by atoms with Crippen molar-refractivity contribution in [2.24, 2.45) is 0 Å². The lowest BCUT2D eigenvalue weighted by atomic mass is 10.0. The number of benzene rings is 5. The van der Waals surface area contributed by atoms with Crippen LogP contribution in [0.25, 0.3) is 21.9 Å². The highest BCUT2D eigenvalue weighted by atomic mass is 16.2. The van der Waals surface area contributed by atoms with E-state index in [1.54, 1.807) is 12.1 Å². The smallest absolute Gasteiger partial charge is 0.255 e. The second-order valence-electron chi connectivity index (χ2n) is 7.99. The number of hydrogen-bond acceptors (Lipinski definition) is 2. The van der Waals surface area contributed by atoms with E-state index in [9.17, 15) is 9.59 Å². The first-order valence-electron chi connectivity index (χ1n) is 11.0. The van der Waals surface area contributed by atoms with Gasteiger partial charge in [0.05, 0.1) is 0 Å². The van der Waals surface area contributed by atoms with Gasteiger partial charge in [0, 0.05) is 22.5 Å². The van der Waals surface area contributed by atoms with Gasteiger partial charge in [0.15, 0.2) is 0 Å². The standard InChI is InChI=1S/C30H22N2O2/c33-29(24-7-2-1-3-8-24)31-27-16-12-22(13-17-27)23-14-18-28(19-15-23)32-30(34)26-11-10-21-6-4-5-9-25(21)20-26/h1-20H,(H,31,33)(H,32,34). The van der Waals surface area contributed by atoms with Crippen LogP contribution in [0.2, 0.25) is 0 Å². The quantitative estimate of drug-likeness (QED) is 0.307. The minimum absolute atomic E-state index is 0.139. The fourth-order valence-electron chi connectivity index (χ4n) is 3.82. The van der Waals surface area contributed by atoms with Gasteiger partial charge in [-0.15, -0.1) is 0 Å². The number of carbonyl (C=O) groups is 2. The van der Waals surface area contributed by atoms with E-state index in [4.69, 9.17) is 0 Å². The lowest BCUT2D eigenvalue weighted by molar-refractivity contribution is 0.101. The van der Waals surface area contributed by atoms with Crippen LogP contribution in [0.15, 0.2) is 121 Å². The second kappa shape index (κ2) is 9.43. The van der Waals surface area contributed by atoms with E-state index in [0.29, 0.717) is 11.1 Å². The highest BCUT2D eigenvalue weighted by Gasteiger charge is 2.08. The van der Waals surface area contributed by atoms with Crippen molar-refractivity contribution in [3.63, 3.8) is 0 Å². The molecular weight excluding hydrogens is 420 g/mol. The molecule has 0 atom stereocenters. The minimum Gasteiger partial charge on any atom is -0.322 e. The maximum absolute atomic E-state index is 12.7. The van der Waals surface area contributed by atoms with Gasteiger partial charge in [-0.2, -0.15) is 0 Å². The predicted octanol–water partition coefficient (Wildman–Crippen LogP) is 7.01. The largest absolute Gasteiger partial charge is 0.322 e. The Labute approximate surface area is 197 Å². The number of fused-ring (bicyclic) bond motifs is 1. The SMILES string of the molecule is O=C(Nc1ccc(-c2ccc(NC(=O)c3ccc4ccccc4c3)cc2)cc1)c1ccccc1. The van der Waals surface area contributed by atoms with Crippen LogP contribution in [-0.2, 0) is 0 Å². The van der Waals surface area contributed by atoms with Crippen LogP contribution in [0.5, 0.6) is 0 Å². The molecular formula is C30H22N2O2. The molecule has 2 amide bonds. The molecule has 0 aromatic heterocycles. The third-order valence-electron chi connectivity index (χ3n) is 5.67. The Morgan fingerprint density at radius 1 is 0.441 bits per heavy atom. The van der Waals surface area contributed by atoms with Crippen LogP contribution in [0.1, 0.15) is 20.7 Å². The van der Waals surface area contributed by atoms with Gasteiger partial charge in [-0.1, -0.05) is 72.8 Å². The summed E-state index contributed by atoms with van der Waals surface area (Å²) in [5.41, 5.74) is 4.74. The molecule has 5 aromatic carbocycles. The summed E-state index contributed by atoms with van der Waals surface area (Å²) in [7, 11) is 0. The first-order valence-corrected chi connectivity index (χ1v) is 11.0. The number of rotatable bonds is 5. The van der Waals surface area contributed by atoms with Crippen molar-refractivity contribution in [3.8, 4) is 11.1 Å². The highest BCUT2D eigenvalue weighted by molar-refractivity contribution is 6.06. The molecule has 0 aliphatic carbocycles. The van der Waals surface area contributed by atoms with E-state index >= 15 is 0 Å². The van der Waals surface area contributed by atoms with Crippen molar-refractivity contribution >= 4 is 34.0 Å².